The molecule has 1 aliphatic carbocycles. The summed E-state index contributed by atoms with van der Waals surface area (Å²) in [6.45, 7) is 6.50. The molecule has 0 N–H and O–H groups in total. The van der Waals surface area contributed by atoms with Crippen molar-refractivity contribution in [3.8, 4) is 0 Å². The minimum Gasteiger partial charge on any atom is -0.463 e. The van der Waals surface area contributed by atoms with Gasteiger partial charge in [0, 0.05) is 22.7 Å². The van der Waals surface area contributed by atoms with Gasteiger partial charge in [0.05, 0.1) is 7.11 Å². The van der Waals surface area contributed by atoms with E-state index < -0.39 is 20.1 Å². The van der Waals surface area contributed by atoms with Gasteiger partial charge in [-0.25, -0.2) is 4.79 Å². The number of benzene rings is 1. The van der Waals surface area contributed by atoms with Gasteiger partial charge in [-0.3, -0.25) is 0 Å². The largest absolute Gasteiger partial charge is 0.463 e. The molecule has 3 rings (SSSR count). The molecule has 26 heavy (non-hydrogen) atoms. The second-order valence-electron chi connectivity index (χ2n) is 8.08. The highest BCUT2D eigenvalue weighted by Crippen LogP contribution is 2.51. The van der Waals surface area contributed by atoms with Crippen molar-refractivity contribution in [2.45, 2.75) is 57.0 Å². The second kappa shape index (κ2) is 7.48. The number of ether oxygens (including phenoxy) is 2. The minimum absolute atomic E-state index is 0.0719. The van der Waals surface area contributed by atoms with Crippen molar-refractivity contribution >= 4 is 30.2 Å². The van der Waals surface area contributed by atoms with Gasteiger partial charge in [-0.2, -0.15) is 0 Å². The van der Waals surface area contributed by atoms with Gasteiger partial charge in [-0.05, 0) is 56.3 Å². The molecule has 1 heterocycles. The van der Waals surface area contributed by atoms with E-state index >= 15 is 0 Å². The topological polar surface area (TPSA) is 44.8 Å². The maximum Gasteiger partial charge on any atom is 0.373 e. The molecule has 1 fully saturated rings. The third-order valence-electron chi connectivity index (χ3n) is 5.02. The molecule has 0 unspecified atom stereocenters. The summed E-state index contributed by atoms with van der Waals surface area (Å²) < 4.78 is 18.9. The molecule has 0 aromatic heterocycles. The smallest absolute Gasteiger partial charge is 0.373 e. The SMILES string of the molecule is COC(=O)C1=C[C@@H](c2ccc(Br)cc2)[C@@H]2CCCC[C@@]2(O[Si](C)(C)C)O1. The number of carbonyl (C=O) groups excluding carboxylic acids is 1. The number of hydrogen-bond acceptors (Lipinski definition) is 4. The zero-order valence-electron chi connectivity index (χ0n) is 15.9. The average Bonchev–Trinajstić information content (AvgIpc) is 2.59. The molecule has 6 heteroatoms. The van der Waals surface area contributed by atoms with E-state index in [0.29, 0.717) is 0 Å². The van der Waals surface area contributed by atoms with Crippen LogP contribution in [0.5, 0.6) is 0 Å². The van der Waals surface area contributed by atoms with Gasteiger partial charge in [0.15, 0.2) is 8.32 Å². The van der Waals surface area contributed by atoms with E-state index in [1.807, 2.05) is 18.2 Å². The Kier molecular flexibility index (Phi) is 5.65. The van der Waals surface area contributed by atoms with E-state index in [-0.39, 0.29) is 17.6 Å². The lowest BCUT2D eigenvalue weighted by Gasteiger charge is -2.51. The predicted octanol–water partition coefficient (Wildman–Crippen LogP) is 5.36. The number of carbonyl (C=O) groups is 1. The Morgan fingerprint density at radius 2 is 1.92 bits per heavy atom. The Balaban J connectivity index is 2.08. The molecule has 0 bridgehead atoms. The number of hydrogen-bond donors (Lipinski definition) is 0. The van der Waals surface area contributed by atoms with Gasteiger partial charge in [0.25, 0.3) is 0 Å². The van der Waals surface area contributed by atoms with Crippen molar-refractivity contribution in [1.29, 1.82) is 0 Å². The van der Waals surface area contributed by atoms with Gasteiger partial charge in [-0.1, -0.05) is 34.5 Å². The first-order valence-corrected chi connectivity index (χ1v) is 13.4. The third kappa shape index (κ3) is 4.07. The van der Waals surface area contributed by atoms with Crippen molar-refractivity contribution in [3.63, 3.8) is 0 Å². The normalized spacial score (nSPS) is 28.6. The number of fused-ring (bicyclic) bond motifs is 1. The van der Waals surface area contributed by atoms with Crippen molar-refractivity contribution in [3.05, 3.63) is 46.1 Å². The highest BCUT2D eigenvalue weighted by molar-refractivity contribution is 9.10. The molecule has 142 valence electrons. The highest BCUT2D eigenvalue weighted by atomic mass is 79.9. The maximum absolute atomic E-state index is 12.3. The summed E-state index contributed by atoms with van der Waals surface area (Å²) >= 11 is 3.50. The van der Waals surface area contributed by atoms with Crippen LogP contribution in [0.1, 0.15) is 37.2 Å². The summed E-state index contributed by atoms with van der Waals surface area (Å²) in [5.41, 5.74) is 1.17. The lowest BCUT2D eigenvalue weighted by atomic mass is 9.71. The average molecular weight is 439 g/mol. The summed E-state index contributed by atoms with van der Waals surface area (Å²) in [6, 6.07) is 8.30. The first kappa shape index (κ1) is 19.6. The molecule has 4 nitrogen and oxygen atoms in total. The second-order valence-corrected chi connectivity index (χ2v) is 13.4. The fraction of sp³-hybridized carbons (Fsp3) is 0.550. The third-order valence-corrected chi connectivity index (χ3v) is 6.51. The lowest BCUT2D eigenvalue weighted by Crippen LogP contribution is -2.55. The van der Waals surface area contributed by atoms with E-state index in [2.05, 4.69) is 47.7 Å². The highest BCUT2D eigenvalue weighted by Gasteiger charge is 2.53. The quantitative estimate of drug-likeness (QED) is 0.468. The van der Waals surface area contributed by atoms with Crippen LogP contribution in [0.25, 0.3) is 0 Å². The predicted molar refractivity (Wildman–Crippen MR) is 107 cm³/mol. The van der Waals surface area contributed by atoms with Crippen LogP contribution in [0.4, 0.5) is 0 Å². The zero-order valence-corrected chi connectivity index (χ0v) is 18.5. The fourth-order valence-electron chi connectivity index (χ4n) is 4.11. The van der Waals surface area contributed by atoms with Gasteiger partial charge in [0.2, 0.25) is 11.5 Å². The number of esters is 1. The number of allylic oxidation sites excluding steroid dienone is 1. The van der Waals surface area contributed by atoms with Crippen LogP contribution >= 0.6 is 15.9 Å². The van der Waals surface area contributed by atoms with Crippen LogP contribution in [0.3, 0.4) is 0 Å². The molecule has 1 saturated carbocycles. The van der Waals surface area contributed by atoms with Crippen molar-refractivity contribution in [2.24, 2.45) is 5.92 Å². The van der Waals surface area contributed by atoms with Crippen LogP contribution in [-0.4, -0.2) is 27.2 Å². The molecular weight excluding hydrogens is 412 g/mol. The molecular formula is C20H27BrO4Si. The van der Waals surface area contributed by atoms with E-state index in [4.69, 9.17) is 13.9 Å². The van der Waals surface area contributed by atoms with Crippen LogP contribution in [0.2, 0.25) is 19.6 Å². The Morgan fingerprint density at radius 3 is 2.54 bits per heavy atom. The van der Waals surface area contributed by atoms with Gasteiger partial charge in [0.1, 0.15) is 0 Å². The van der Waals surface area contributed by atoms with E-state index in [1.165, 1.54) is 12.7 Å². The number of methoxy groups -OCH3 is 1. The Bertz CT molecular complexity index is 695. The van der Waals surface area contributed by atoms with Crippen molar-refractivity contribution < 1.29 is 18.7 Å². The van der Waals surface area contributed by atoms with Crippen molar-refractivity contribution in [1.82, 2.24) is 0 Å². The fourth-order valence-corrected chi connectivity index (χ4v) is 5.71. The zero-order chi connectivity index (χ0) is 18.9. The van der Waals surface area contributed by atoms with E-state index in [9.17, 15) is 4.79 Å². The summed E-state index contributed by atoms with van der Waals surface area (Å²) in [4.78, 5) is 12.3. The lowest BCUT2D eigenvalue weighted by molar-refractivity contribution is -0.230. The monoisotopic (exact) mass is 438 g/mol. The van der Waals surface area contributed by atoms with Crippen LogP contribution in [0.15, 0.2) is 40.6 Å². The van der Waals surface area contributed by atoms with Crippen LogP contribution in [0, 0.1) is 5.92 Å². The van der Waals surface area contributed by atoms with Gasteiger partial charge in [-0.15, -0.1) is 0 Å². The first-order valence-electron chi connectivity index (χ1n) is 9.19. The van der Waals surface area contributed by atoms with Crippen molar-refractivity contribution in [2.75, 3.05) is 7.11 Å². The summed E-state index contributed by atoms with van der Waals surface area (Å²) in [6.07, 6.45) is 5.96. The molecule has 0 spiro atoms. The Labute approximate surface area is 165 Å². The molecule has 0 amide bonds. The molecule has 1 aliphatic heterocycles. The van der Waals surface area contributed by atoms with E-state index in [1.54, 1.807) is 0 Å². The molecule has 0 radical (unpaired) electrons. The number of rotatable bonds is 4. The summed E-state index contributed by atoms with van der Waals surface area (Å²) in [5.74, 6) is -0.634. The molecule has 1 aromatic carbocycles. The molecule has 3 atom stereocenters. The minimum atomic E-state index is -1.89. The standard InChI is InChI=1S/C20H27BrO4Si/c1-23-19(22)18-13-16(14-8-10-15(21)11-9-14)17-7-5-6-12-20(17,24-18)25-26(2,3)4/h8-11,13,16-17H,5-7,12H2,1-4H3/t16-,17-,20-/m0/s1. The van der Waals surface area contributed by atoms with Gasteiger partial charge < -0.3 is 13.9 Å². The summed E-state index contributed by atoms with van der Waals surface area (Å²) in [7, 11) is -0.499. The molecule has 2 aliphatic rings. The van der Waals surface area contributed by atoms with Crippen LogP contribution in [-0.2, 0) is 18.7 Å². The summed E-state index contributed by atoms with van der Waals surface area (Å²) in [5, 5.41) is 0. The van der Waals surface area contributed by atoms with Crippen LogP contribution < -0.4 is 0 Å². The molecule has 1 aromatic rings. The Morgan fingerprint density at radius 1 is 1.23 bits per heavy atom. The van der Waals surface area contributed by atoms with Gasteiger partial charge >= 0.3 is 5.97 Å². The number of halogens is 1. The maximum atomic E-state index is 12.3. The molecule has 0 saturated heterocycles. The first-order chi connectivity index (χ1) is 12.2. The Hall–Kier alpha value is -1.11. The van der Waals surface area contributed by atoms with E-state index in [0.717, 1.165) is 30.2 Å².